The van der Waals surface area contributed by atoms with Gasteiger partial charge in [0.15, 0.2) is 0 Å². The monoisotopic (exact) mass is 330 g/mol. The number of carbonyl (C=O) groups is 2. The Morgan fingerprint density at radius 1 is 1.22 bits per heavy atom. The second kappa shape index (κ2) is 6.12. The van der Waals surface area contributed by atoms with E-state index in [1.807, 2.05) is 5.38 Å². The maximum Gasteiger partial charge on any atom is 0.335 e. The Kier molecular flexibility index (Phi) is 4.17. The van der Waals surface area contributed by atoms with Gasteiger partial charge in [-0.2, -0.15) is 0 Å². The summed E-state index contributed by atoms with van der Waals surface area (Å²) in [4.78, 5) is 28.3. The maximum atomic E-state index is 12.7. The van der Waals surface area contributed by atoms with Gasteiger partial charge < -0.3 is 10.4 Å². The van der Waals surface area contributed by atoms with Crippen molar-refractivity contribution < 1.29 is 14.7 Å². The summed E-state index contributed by atoms with van der Waals surface area (Å²) in [5, 5.41) is 15.1. The molecule has 6 heteroatoms. The molecule has 1 aromatic heterocycles. The molecule has 2 N–H and O–H groups in total. The molecular weight excluding hydrogens is 312 g/mol. The fourth-order valence-corrected chi connectivity index (χ4v) is 4.01. The van der Waals surface area contributed by atoms with Gasteiger partial charge in [-0.15, -0.1) is 11.3 Å². The van der Waals surface area contributed by atoms with E-state index in [9.17, 15) is 9.59 Å². The van der Waals surface area contributed by atoms with Gasteiger partial charge in [-0.3, -0.25) is 4.79 Å². The Morgan fingerprint density at radius 2 is 1.91 bits per heavy atom. The summed E-state index contributed by atoms with van der Waals surface area (Å²) in [6, 6.07) is 4.70. The molecule has 1 aromatic carbocycles. The molecule has 0 unspecified atom stereocenters. The van der Waals surface area contributed by atoms with Crippen LogP contribution >= 0.6 is 11.3 Å². The van der Waals surface area contributed by atoms with Gasteiger partial charge in [0.25, 0.3) is 5.91 Å². The van der Waals surface area contributed by atoms with E-state index in [0.29, 0.717) is 5.56 Å². The summed E-state index contributed by atoms with van der Waals surface area (Å²) in [6.45, 7) is 1.79. The predicted molar refractivity (Wildman–Crippen MR) is 87.9 cm³/mol. The second-order valence-electron chi connectivity index (χ2n) is 5.97. The lowest BCUT2D eigenvalue weighted by Crippen LogP contribution is -2.43. The van der Waals surface area contributed by atoms with Gasteiger partial charge in [-0.1, -0.05) is 12.8 Å². The molecule has 1 fully saturated rings. The molecule has 0 radical (unpaired) electrons. The van der Waals surface area contributed by atoms with Crippen LogP contribution in [0.3, 0.4) is 0 Å². The summed E-state index contributed by atoms with van der Waals surface area (Å²) in [5.74, 6) is -1.27. The average Bonchev–Trinajstić information content (AvgIpc) is 3.18. The van der Waals surface area contributed by atoms with E-state index < -0.39 is 11.5 Å². The Hall–Kier alpha value is -2.21. The summed E-state index contributed by atoms with van der Waals surface area (Å²) < 4.78 is 0. The smallest absolute Gasteiger partial charge is 0.335 e. The molecule has 120 valence electrons. The van der Waals surface area contributed by atoms with Crippen LogP contribution in [0.25, 0.3) is 0 Å². The zero-order valence-corrected chi connectivity index (χ0v) is 13.7. The number of aromatic nitrogens is 1. The van der Waals surface area contributed by atoms with Crippen molar-refractivity contribution in [1.29, 1.82) is 0 Å². The van der Waals surface area contributed by atoms with Crippen molar-refractivity contribution in [2.24, 2.45) is 0 Å². The average molecular weight is 330 g/mol. The van der Waals surface area contributed by atoms with Gasteiger partial charge in [0.1, 0.15) is 5.01 Å². The number of carbonyl (C=O) groups excluding carboxylic acids is 1. The fourth-order valence-electron chi connectivity index (χ4n) is 3.16. The quantitative estimate of drug-likeness (QED) is 0.901. The number of aromatic carboxylic acids is 1. The highest BCUT2D eigenvalue weighted by Crippen LogP contribution is 2.39. The van der Waals surface area contributed by atoms with Gasteiger partial charge >= 0.3 is 5.97 Å². The molecule has 1 amide bonds. The van der Waals surface area contributed by atoms with E-state index in [1.54, 1.807) is 36.6 Å². The third kappa shape index (κ3) is 3.12. The molecule has 2 aromatic rings. The first-order valence-electron chi connectivity index (χ1n) is 7.58. The number of hydrogen-bond donors (Lipinski definition) is 2. The lowest BCUT2D eigenvalue weighted by molar-refractivity contribution is 0.0696. The van der Waals surface area contributed by atoms with Crippen LogP contribution in [0.5, 0.6) is 0 Å². The molecule has 23 heavy (non-hydrogen) atoms. The zero-order valence-electron chi connectivity index (χ0n) is 12.8. The largest absolute Gasteiger partial charge is 0.478 e. The number of thiazole rings is 1. The number of carboxylic acids is 1. The molecule has 1 heterocycles. The molecule has 0 atom stereocenters. The van der Waals surface area contributed by atoms with Crippen LogP contribution in [0.2, 0.25) is 0 Å². The van der Waals surface area contributed by atoms with E-state index in [4.69, 9.17) is 5.11 Å². The normalized spacial score (nSPS) is 16.2. The Labute approximate surface area is 138 Å². The van der Waals surface area contributed by atoms with Crippen molar-refractivity contribution >= 4 is 23.2 Å². The second-order valence-corrected chi connectivity index (χ2v) is 6.87. The summed E-state index contributed by atoms with van der Waals surface area (Å²) in [7, 11) is 0. The van der Waals surface area contributed by atoms with Gasteiger partial charge in [-0.05, 0) is 43.5 Å². The van der Waals surface area contributed by atoms with E-state index in [1.165, 1.54) is 6.07 Å². The standard InChI is InChI=1S/C17H18N2O3S/c1-11-8-12(10-13(9-11)15(21)22)14(20)19-17(4-2-3-5-17)16-18-6-7-23-16/h6-10H,2-5H2,1H3,(H,19,20)(H,21,22). The van der Waals surface area contributed by atoms with E-state index in [2.05, 4.69) is 10.3 Å². The highest BCUT2D eigenvalue weighted by atomic mass is 32.1. The highest BCUT2D eigenvalue weighted by molar-refractivity contribution is 7.09. The van der Waals surface area contributed by atoms with Crippen molar-refractivity contribution in [3.05, 3.63) is 51.5 Å². The molecule has 1 aliphatic carbocycles. The molecule has 1 aliphatic rings. The number of amides is 1. The number of nitrogens with one attached hydrogen (secondary N) is 1. The van der Waals surface area contributed by atoms with Gasteiger partial charge in [-0.25, -0.2) is 9.78 Å². The lowest BCUT2D eigenvalue weighted by Gasteiger charge is -2.28. The minimum absolute atomic E-state index is 0.130. The summed E-state index contributed by atoms with van der Waals surface area (Å²) >= 11 is 1.55. The molecule has 0 bridgehead atoms. The topological polar surface area (TPSA) is 79.3 Å². The number of benzene rings is 1. The Bertz CT molecular complexity index is 734. The van der Waals surface area contributed by atoms with Crippen LogP contribution in [0.15, 0.2) is 29.8 Å². The minimum atomic E-state index is -1.03. The number of nitrogens with zero attached hydrogens (tertiary/aromatic N) is 1. The fraction of sp³-hybridized carbons (Fsp3) is 0.353. The van der Waals surface area contributed by atoms with Crippen molar-refractivity contribution in [1.82, 2.24) is 10.3 Å². The van der Waals surface area contributed by atoms with Gasteiger partial charge in [0, 0.05) is 17.1 Å². The maximum absolute atomic E-state index is 12.7. The van der Waals surface area contributed by atoms with Crippen LogP contribution in [-0.4, -0.2) is 22.0 Å². The number of carboxylic acid groups (broad SMARTS) is 1. The Morgan fingerprint density at radius 3 is 2.52 bits per heavy atom. The van der Waals surface area contributed by atoms with Crippen LogP contribution in [0.4, 0.5) is 0 Å². The van der Waals surface area contributed by atoms with Crippen molar-refractivity contribution in [3.63, 3.8) is 0 Å². The highest BCUT2D eigenvalue weighted by Gasteiger charge is 2.39. The third-order valence-electron chi connectivity index (χ3n) is 4.24. The van der Waals surface area contributed by atoms with Crippen molar-refractivity contribution in [2.45, 2.75) is 38.1 Å². The SMILES string of the molecule is Cc1cc(C(=O)O)cc(C(=O)NC2(c3nccs3)CCCC2)c1. The number of hydrogen-bond acceptors (Lipinski definition) is 4. The molecule has 3 rings (SSSR count). The van der Waals surface area contributed by atoms with E-state index >= 15 is 0 Å². The number of aryl methyl sites for hydroxylation is 1. The molecule has 0 aliphatic heterocycles. The lowest BCUT2D eigenvalue weighted by atomic mass is 9.97. The minimum Gasteiger partial charge on any atom is -0.478 e. The van der Waals surface area contributed by atoms with Crippen LogP contribution in [0, 0.1) is 6.92 Å². The van der Waals surface area contributed by atoms with Crippen LogP contribution in [0.1, 0.15) is 57.0 Å². The number of rotatable bonds is 4. The molecule has 0 spiro atoms. The predicted octanol–water partition coefficient (Wildman–Crippen LogP) is 3.35. The Balaban J connectivity index is 1.90. The first kappa shape index (κ1) is 15.7. The van der Waals surface area contributed by atoms with Crippen molar-refractivity contribution in [2.75, 3.05) is 0 Å². The first-order chi connectivity index (χ1) is 11.0. The zero-order chi connectivity index (χ0) is 16.4. The first-order valence-corrected chi connectivity index (χ1v) is 8.46. The van der Waals surface area contributed by atoms with Crippen LogP contribution < -0.4 is 5.32 Å². The third-order valence-corrected chi connectivity index (χ3v) is 5.22. The van der Waals surface area contributed by atoms with E-state index in [-0.39, 0.29) is 11.5 Å². The van der Waals surface area contributed by atoms with Crippen LogP contribution in [-0.2, 0) is 5.54 Å². The molecular formula is C17H18N2O3S. The molecule has 0 saturated heterocycles. The molecule has 1 saturated carbocycles. The summed E-state index contributed by atoms with van der Waals surface area (Å²) in [5.41, 5.74) is 0.845. The summed E-state index contributed by atoms with van der Waals surface area (Å²) in [6.07, 6.45) is 5.58. The van der Waals surface area contributed by atoms with Gasteiger partial charge in [0.2, 0.25) is 0 Å². The van der Waals surface area contributed by atoms with Gasteiger partial charge in [0.05, 0.1) is 11.1 Å². The molecule has 5 nitrogen and oxygen atoms in total. The van der Waals surface area contributed by atoms with E-state index in [0.717, 1.165) is 36.3 Å². The van der Waals surface area contributed by atoms with Crippen molar-refractivity contribution in [3.8, 4) is 0 Å².